The van der Waals surface area contributed by atoms with Crippen LogP contribution in [-0.2, 0) is 11.3 Å². The molecule has 34 heavy (non-hydrogen) atoms. The Morgan fingerprint density at radius 2 is 1.59 bits per heavy atom. The predicted octanol–water partition coefficient (Wildman–Crippen LogP) is 3.16. The molecule has 1 aliphatic rings. The van der Waals surface area contributed by atoms with E-state index in [0.29, 0.717) is 35.8 Å². The Morgan fingerprint density at radius 3 is 2.32 bits per heavy atom. The van der Waals surface area contributed by atoms with Crippen molar-refractivity contribution in [1.82, 2.24) is 15.5 Å². The number of carbonyl (C=O) groups is 3. The number of hydrogen-bond acceptors (Lipinski definition) is 5. The first-order valence-corrected chi connectivity index (χ1v) is 11.8. The summed E-state index contributed by atoms with van der Waals surface area (Å²) in [5, 5.41) is 5.63. The molecule has 1 saturated heterocycles. The number of nitrogens with zero attached hydrogens (tertiary/aromatic N) is 1. The molecule has 0 aliphatic carbocycles. The maximum atomic E-state index is 12.7. The molecule has 3 rings (SSSR count). The van der Waals surface area contributed by atoms with Crippen molar-refractivity contribution in [3.63, 3.8) is 0 Å². The van der Waals surface area contributed by atoms with E-state index in [1.165, 1.54) is 0 Å². The lowest BCUT2D eigenvalue weighted by Crippen LogP contribution is -2.38. The Kier molecular flexibility index (Phi) is 9.31. The predicted molar refractivity (Wildman–Crippen MR) is 129 cm³/mol. The van der Waals surface area contributed by atoms with Gasteiger partial charge in [-0.2, -0.15) is 0 Å². The zero-order chi connectivity index (χ0) is 24.3. The van der Waals surface area contributed by atoms with E-state index in [9.17, 15) is 14.4 Å². The quantitative estimate of drug-likeness (QED) is 0.560. The Bertz CT molecular complexity index is 1000. The summed E-state index contributed by atoms with van der Waals surface area (Å²) in [5.41, 5.74) is 1.78. The molecule has 2 aromatic carbocycles. The summed E-state index contributed by atoms with van der Waals surface area (Å²) in [6.45, 7) is 6.41. The second kappa shape index (κ2) is 12.6. The lowest BCUT2D eigenvalue weighted by Gasteiger charge is -2.26. The maximum absolute atomic E-state index is 12.7. The van der Waals surface area contributed by atoms with Crippen molar-refractivity contribution in [1.29, 1.82) is 0 Å². The fourth-order valence-electron chi connectivity index (χ4n) is 3.78. The van der Waals surface area contributed by atoms with Gasteiger partial charge in [0.2, 0.25) is 0 Å². The fraction of sp³-hybridized carbons (Fsp3) is 0.423. The highest BCUT2D eigenvalue weighted by molar-refractivity contribution is 5.95. The van der Waals surface area contributed by atoms with Gasteiger partial charge >= 0.3 is 0 Å². The molecule has 3 amide bonds. The van der Waals surface area contributed by atoms with Gasteiger partial charge in [0.1, 0.15) is 0 Å². The molecular weight excluding hydrogens is 434 g/mol. The van der Waals surface area contributed by atoms with Gasteiger partial charge in [-0.15, -0.1) is 0 Å². The summed E-state index contributed by atoms with van der Waals surface area (Å²) < 4.78 is 11.4. The van der Waals surface area contributed by atoms with Crippen molar-refractivity contribution in [2.45, 2.75) is 39.7 Å². The van der Waals surface area contributed by atoms with Gasteiger partial charge in [0.25, 0.3) is 17.7 Å². The first-order chi connectivity index (χ1) is 16.5. The third-order valence-electron chi connectivity index (χ3n) is 5.55. The second-order valence-electron chi connectivity index (χ2n) is 8.07. The average Bonchev–Trinajstić information content (AvgIpc) is 2.87. The molecule has 1 fully saturated rings. The average molecular weight is 468 g/mol. The number of benzene rings is 2. The summed E-state index contributed by atoms with van der Waals surface area (Å²) in [6.07, 6.45) is 3.20. The molecule has 2 N–H and O–H groups in total. The van der Waals surface area contributed by atoms with Gasteiger partial charge in [-0.1, -0.05) is 12.1 Å². The first kappa shape index (κ1) is 25.1. The lowest BCUT2D eigenvalue weighted by atomic mass is 10.1. The number of piperidine rings is 1. The zero-order valence-corrected chi connectivity index (χ0v) is 19.9. The SMILES string of the molecule is CCNC(=O)c1cccc(CNC(=O)c2ccc(OCC(=O)N3CCCCC3)c(OCC)c2)c1. The van der Waals surface area contributed by atoms with Gasteiger partial charge in [0.05, 0.1) is 6.61 Å². The minimum Gasteiger partial charge on any atom is -0.490 e. The summed E-state index contributed by atoms with van der Waals surface area (Å²) in [5.74, 6) is 0.378. The van der Waals surface area contributed by atoms with Crippen LogP contribution < -0.4 is 20.1 Å². The summed E-state index contributed by atoms with van der Waals surface area (Å²) in [6, 6.07) is 12.0. The van der Waals surface area contributed by atoms with Crippen molar-refractivity contribution in [3.8, 4) is 11.5 Å². The van der Waals surface area contributed by atoms with E-state index in [4.69, 9.17) is 9.47 Å². The third kappa shape index (κ3) is 6.97. The Hall–Kier alpha value is -3.55. The third-order valence-corrected chi connectivity index (χ3v) is 5.55. The van der Waals surface area contributed by atoms with Crippen LogP contribution in [0.4, 0.5) is 0 Å². The minimum atomic E-state index is -0.277. The Morgan fingerprint density at radius 1 is 0.853 bits per heavy atom. The van der Waals surface area contributed by atoms with Crippen LogP contribution in [0.3, 0.4) is 0 Å². The molecule has 182 valence electrons. The van der Waals surface area contributed by atoms with Gasteiger partial charge < -0.3 is 25.0 Å². The highest BCUT2D eigenvalue weighted by Gasteiger charge is 2.18. The number of likely N-dealkylation sites (tertiary alicyclic amines) is 1. The minimum absolute atomic E-state index is 0.0428. The van der Waals surface area contributed by atoms with E-state index in [1.807, 2.05) is 24.8 Å². The molecule has 0 saturated carbocycles. The fourth-order valence-corrected chi connectivity index (χ4v) is 3.78. The van der Waals surface area contributed by atoms with Crippen molar-refractivity contribution in [2.75, 3.05) is 32.8 Å². The summed E-state index contributed by atoms with van der Waals surface area (Å²) >= 11 is 0. The standard InChI is InChI=1S/C26H33N3O5/c1-3-27-25(31)20-10-8-9-19(15-20)17-28-26(32)21-11-12-22(23(16-21)33-4-2)34-18-24(30)29-13-6-5-7-14-29/h8-12,15-16H,3-7,13-14,17-18H2,1-2H3,(H,27,31)(H,28,32). The molecule has 0 spiro atoms. The molecule has 0 unspecified atom stereocenters. The van der Waals surface area contributed by atoms with Gasteiger partial charge in [-0.3, -0.25) is 14.4 Å². The molecule has 8 nitrogen and oxygen atoms in total. The van der Waals surface area contributed by atoms with Crippen LogP contribution in [0.1, 0.15) is 59.4 Å². The van der Waals surface area contributed by atoms with Crippen LogP contribution in [-0.4, -0.2) is 55.5 Å². The molecule has 1 heterocycles. The number of nitrogens with one attached hydrogen (secondary N) is 2. The van der Waals surface area contributed by atoms with Crippen LogP contribution in [0.5, 0.6) is 11.5 Å². The molecule has 1 aliphatic heterocycles. The van der Waals surface area contributed by atoms with E-state index < -0.39 is 0 Å². The van der Waals surface area contributed by atoms with Crippen LogP contribution in [0.25, 0.3) is 0 Å². The van der Waals surface area contributed by atoms with E-state index >= 15 is 0 Å². The van der Waals surface area contributed by atoms with Gasteiger partial charge in [-0.05, 0) is 69.0 Å². The lowest BCUT2D eigenvalue weighted by molar-refractivity contribution is -0.134. The van der Waals surface area contributed by atoms with Crippen LogP contribution >= 0.6 is 0 Å². The van der Waals surface area contributed by atoms with Crippen molar-refractivity contribution in [2.24, 2.45) is 0 Å². The molecule has 8 heteroatoms. The Balaban J connectivity index is 1.61. The summed E-state index contributed by atoms with van der Waals surface area (Å²) in [4.78, 5) is 39.0. The van der Waals surface area contributed by atoms with E-state index in [1.54, 1.807) is 36.4 Å². The molecule has 0 aromatic heterocycles. The highest BCUT2D eigenvalue weighted by atomic mass is 16.5. The largest absolute Gasteiger partial charge is 0.490 e. The van der Waals surface area contributed by atoms with Gasteiger partial charge in [0, 0.05) is 37.3 Å². The van der Waals surface area contributed by atoms with Crippen molar-refractivity contribution in [3.05, 3.63) is 59.2 Å². The zero-order valence-electron chi connectivity index (χ0n) is 19.9. The molecule has 0 radical (unpaired) electrons. The first-order valence-electron chi connectivity index (χ1n) is 11.8. The van der Waals surface area contributed by atoms with Crippen LogP contribution in [0, 0.1) is 0 Å². The van der Waals surface area contributed by atoms with E-state index in [-0.39, 0.29) is 30.9 Å². The number of ether oxygens (including phenoxy) is 2. The van der Waals surface area contributed by atoms with E-state index in [0.717, 1.165) is 37.9 Å². The number of hydrogen-bond donors (Lipinski definition) is 2. The van der Waals surface area contributed by atoms with Gasteiger partial charge in [0.15, 0.2) is 18.1 Å². The second-order valence-corrected chi connectivity index (χ2v) is 8.07. The van der Waals surface area contributed by atoms with E-state index in [2.05, 4.69) is 10.6 Å². The molecular formula is C26H33N3O5. The number of amides is 3. The smallest absolute Gasteiger partial charge is 0.260 e. The topological polar surface area (TPSA) is 97.0 Å². The number of carbonyl (C=O) groups excluding carboxylic acids is 3. The maximum Gasteiger partial charge on any atom is 0.260 e. The van der Waals surface area contributed by atoms with Gasteiger partial charge in [-0.25, -0.2) is 0 Å². The van der Waals surface area contributed by atoms with Crippen LogP contribution in [0.15, 0.2) is 42.5 Å². The molecule has 2 aromatic rings. The normalized spacial score (nSPS) is 13.2. The summed E-state index contributed by atoms with van der Waals surface area (Å²) in [7, 11) is 0. The van der Waals surface area contributed by atoms with Crippen molar-refractivity contribution < 1.29 is 23.9 Å². The highest BCUT2D eigenvalue weighted by Crippen LogP contribution is 2.29. The molecule has 0 bridgehead atoms. The van der Waals surface area contributed by atoms with Crippen molar-refractivity contribution >= 4 is 17.7 Å². The van der Waals surface area contributed by atoms with Crippen LogP contribution in [0.2, 0.25) is 0 Å². The Labute approximate surface area is 200 Å². The number of rotatable bonds is 10. The monoisotopic (exact) mass is 467 g/mol. The molecule has 0 atom stereocenters.